The molecule has 0 radical (unpaired) electrons. The molecule has 0 aliphatic carbocycles. The summed E-state index contributed by atoms with van der Waals surface area (Å²) in [4.78, 5) is 12.7. The number of amides is 1. The van der Waals surface area contributed by atoms with E-state index in [4.69, 9.17) is 0 Å². The molecular formula is C19H22N2O. The van der Waals surface area contributed by atoms with Gasteiger partial charge in [0.1, 0.15) is 0 Å². The fraction of sp³-hybridized carbons (Fsp3) is 0.316. The van der Waals surface area contributed by atoms with Crippen LogP contribution in [0.2, 0.25) is 0 Å². The van der Waals surface area contributed by atoms with Crippen molar-refractivity contribution in [1.82, 2.24) is 0 Å². The van der Waals surface area contributed by atoms with Crippen molar-refractivity contribution in [3.63, 3.8) is 0 Å². The number of nitrogens with one attached hydrogen (secondary N) is 2. The van der Waals surface area contributed by atoms with Crippen LogP contribution in [0.25, 0.3) is 0 Å². The monoisotopic (exact) mass is 294 g/mol. The molecule has 3 heteroatoms. The minimum absolute atomic E-state index is 0.0643. The maximum atomic E-state index is 12.7. The summed E-state index contributed by atoms with van der Waals surface area (Å²) in [6.45, 7) is 3.02. The number of hydrogen-bond donors (Lipinski definition) is 2. The van der Waals surface area contributed by atoms with Crippen LogP contribution >= 0.6 is 0 Å². The molecule has 114 valence electrons. The zero-order chi connectivity index (χ0) is 15.4. The summed E-state index contributed by atoms with van der Waals surface area (Å²) in [6, 6.07) is 16.1. The standard InChI is InChI=1S/C19H22N2O/c1-2-16(14-8-4-3-5-9-14)19(22)21-17-12-6-10-15-11-7-13-20-18(15)17/h3-6,8-10,12,16,20H,2,7,11,13H2,1H3,(H,21,22). The van der Waals surface area contributed by atoms with Gasteiger partial charge in [-0.05, 0) is 36.5 Å². The van der Waals surface area contributed by atoms with Gasteiger partial charge < -0.3 is 10.6 Å². The third-order valence-corrected chi connectivity index (χ3v) is 4.26. The van der Waals surface area contributed by atoms with E-state index >= 15 is 0 Å². The first-order valence-corrected chi connectivity index (χ1v) is 8.01. The first kappa shape index (κ1) is 14.6. The van der Waals surface area contributed by atoms with E-state index in [0.29, 0.717) is 0 Å². The molecule has 1 aliphatic rings. The number of carbonyl (C=O) groups excluding carboxylic acids is 1. The molecule has 1 heterocycles. The lowest BCUT2D eigenvalue weighted by Gasteiger charge is -2.23. The summed E-state index contributed by atoms with van der Waals surface area (Å²) in [7, 11) is 0. The predicted molar refractivity (Wildman–Crippen MR) is 91.4 cm³/mol. The Kier molecular flexibility index (Phi) is 4.42. The summed E-state index contributed by atoms with van der Waals surface area (Å²) in [5.41, 5.74) is 4.35. The smallest absolute Gasteiger partial charge is 0.231 e. The quantitative estimate of drug-likeness (QED) is 0.888. The van der Waals surface area contributed by atoms with Crippen LogP contribution in [-0.2, 0) is 11.2 Å². The molecule has 1 atom stereocenters. The number of aryl methyl sites for hydroxylation is 1. The van der Waals surface area contributed by atoms with Crippen LogP contribution in [0.3, 0.4) is 0 Å². The number of para-hydroxylation sites is 1. The highest BCUT2D eigenvalue weighted by atomic mass is 16.1. The van der Waals surface area contributed by atoms with Crippen molar-refractivity contribution in [2.24, 2.45) is 0 Å². The average Bonchev–Trinajstić information content (AvgIpc) is 2.57. The lowest BCUT2D eigenvalue weighted by Crippen LogP contribution is -2.22. The van der Waals surface area contributed by atoms with Crippen LogP contribution in [0.4, 0.5) is 11.4 Å². The fourth-order valence-corrected chi connectivity index (χ4v) is 3.09. The van der Waals surface area contributed by atoms with Crippen molar-refractivity contribution in [3.8, 4) is 0 Å². The van der Waals surface area contributed by atoms with Crippen LogP contribution in [0.5, 0.6) is 0 Å². The zero-order valence-electron chi connectivity index (χ0n) is 12.9. The second-order valence-electron chi connectivity index (χ2n) is 5.73. The molecule has 2 aromatic carbocycles. The second kappa shape index (κ2) is 6.65. The molecular weight excluding hydrogens is 272 g/mol. The van der Waals surface area contributed by atoms with Crippen molar-refractivity contribution < 1.29 is 4.79 Å². The summed E-state index contributed by atoms with van der Waals surface area (Å²) < 4.78 is 0. The zero-order valence-corrected chi connectivity index (χ0v) is 12.9. The minimum Gasteiger partial charge on any atom is -0.383 e. The Morgan fingerprint density at radius 2 is 2.00 bits per heavy atom. The van der Waals surface area contributed by atoms with Gasteiger partial charge in [-0.15, -0.1) is 0 Å². The average molecular weight is 294 g/mol. The van der Waals surface area contributed by atoms with Gasteiger partial charge in [-0.2, -0.15) is 0 Å². The highest BCUT2D eigenvalue weighted by Crippen LogP contribution is 2.31. The molecule has 0 fully saturated rings. The number of rotatable bonds is 4. The van der Waals surface area contributed by atoms with E-state index in [1.165, 1.54) is 5.56 Å². The first-order valence-electron chi connectivity index (χ1n) is 8.01. The molecule has 2 aromatic rings. The van der Waals surface area contributed by atoms with Crippen LogP contribution in [0.15, 0.2) is 48.5 Å². The van der Waals surface area contributed by atoms with E-state index in [1.54, 1.807) is 0 Å². The van der Waals surface area contributed by atoms with Crippen molar-refractivity contribution in [2.45, 2.75) is 32.1 Å². The van der Waals surface area contributed by atoms with E-state index in [1.807, 2.05) is 42.5 Å². The van der Waals surface area contributed by atoms with Gasteiger partial charge in [0.25, 0.3) is 0 Å². The van der Waals surface area contributed by atoms with Crippen molar-refractivity contribution in [2.75, 3.05) is 17.2 Å². The van der Waals surface area contributed by atoms with Crippen molar-refractivity contribution >= 4 is 17.3 Å². The first-order chi connectivity index (χ1) is 10.8. The molecule has 0 aromatic heterocycles. The van der Waals surface area contributed by atoms with E-state index in [-0.39, 0.29) is 11.8 Å². The maximum Gasteiger partial charge on any atom is 0.231 e. The van der Waals surface area contributed by atoms with Gasteiger partial charge in [0.05, 0.1) is 17.3 Å². The maximum absolute atomic E-state index is 12.7. The number of carbonyl (C=O) groups is 1. The Labute approximate surface area is 131 Å². The Hall–Kier alpha value is -2.29. The summed E-state index contributed by atoms with van der Waals surface area (Å²) >= 11 is 0. The van der Waals surface area contributed by atoms with Gasteiger partial charge in [-0.3, -0.25) is 4.79 Å². The van der Waals surface area contributed by atoms with Gasteiger partial charge in [-0.1, -0.05) is 49.4 Å². The normalized spacial score (nSPS) is 14.6. The molecule has 0 saturated heterocycles. The molecule has 0 spiro atoms. The van der Waals surface area contributed by atoms with Gasteiger partial charge in [0.2, 0.25) is 5.91 Å². The van der Waals surface area contributed by atoms with Crippen LogP contribution in [0.1, 0.15) is 36.8 Å². The summed E-state index contributed by atoms with van der Waals surface area (Å²) in [6.07, 6.45) is 3.01. The molecule has 0 bridgehead atoms. The number of benzene rings is 2. The lowest BCUT2D eigenvalue weighted by molar-refractivity contribution is -0.117. The highest BCUT2D eigenvalue weighted by Gasteiger charge is 2.20. The Morgan fingerprint density at radius 3 is 2.77 bits per heavy atom. The Balaban J connectivity index is 1.82. The van der Waals surface area contributed by atoms with Gasteiger partial charge in [-0.25, -0.2) is 0 Å². The van der Waals surface area contributed by atoms with E-state index in [0.717, 1.165) is 42.7 Å². The fourth-order valence-electron chi connectivity index (χ4n) is 3.09. The van der Waals surface area contributed by atoms with Gasteiger partial charge >= 0.3 is 0 Å². The van der Waals surface area contributed by atoms with Crippen LogP contribution < -0.4 is 10.6 Å². The third kappa shape index (κ3) is 2.98. The number of fused-ring (bicyclic) bond motifs is 1. The van der Waals surface area contributed by atoms with Gasteiger partial charge in [0, 0.05) is 6.54 Å². The molecule has 3 nitrogen and oxygen atoms in total. The molecule has 22 heavy (non-hydrogen) atoms. The van der Waals surface area contributed by atoms with E-state index in [2.05, 4.69) is 23.6 Å². The molecule has 2 N–H and O–H groups in total. The molecule has 0 saturated carbocycles. The molecule has 1 unspecified atom stereocenters. The molecule has 1 amide bonds. The van der Waals surface area contributed by atoms with E-state index in [9.17, 15) is 4.79 Å². The molecule has 1 aliphatic heterocycles. The molecule has 3 rings (SSSR count). The SMILES string of the molecule is CCC(C(=O)Nc1cccc2c1NCCC2)c1ccccc1. The van der Waals surface area contributed by atoms with Crippen molar-refractivity contribution in [3.05, 3.63) is 59.7 Å². The van der Waals surface area contributed by atoms with Crippen LogP contribution in [0, 0.1) is 0 Å². The van der Waals surface area contributed by atoms with Crippen LogP contribution in [-0.4, -0.2) is 12.5 Å². The Morgan fingerprint density at radius 1 is 1.18 bits per heavy atom. The predicted octanol–water partition coefficient (Wildman–Crippen LogP) is 4.18. The Bertz CT molecular complexity index is 652. The van der Waals surface area contributed by atoms with E-state index < -0.39 is 0 Å². The lowest BCUT2D eigenvalue weighted by atomic mass is 9.95. The minimum atomic E-state index is -0.111. The number of hydrogen-bond acceptors (Lipinski definition) is 2. The second-order valence-corrected chi connectivity index (χ2v) is 5.73. The summed E-state index contributed by atoms with van der Waals surface area (Å²) in [5, 5.41) is 6.54. The largest absolute Gasteiger partial charge is 0.383 e. The number of anilines is 2. The highest BCUT2D eigenvalue weighted by molar-refractivity contribution is 5.98. The van der Waals surface area contributed by atoms with Gasteiger partial charge in [0.15, 0.2) is 0 Å². The summed E-state index contributed by atoms with van der Waals surface area (Å²) in [5.74, 6) is -0.0462. The topological polar surface area (TPSA) is 41.1 Å². The van der Waals surface area contributed by atoms with Crippen molar-refractivity contribution in [1.29, 1.82) is 0 Å². The third-order valence-electron chi connectivity index (χ3n) is 4.26.